The second kappa shape index (κ2) is 8.97. The molecule has 0 spiro atoms. The summed E-state index contributed by atoms with van der Waals surface area (Å²) in [6.07, 6.45) is 0.934. The lowest BCUT2D eigenvalue weighted by atomic mass is 9.98. The first kappa shape index (κ1) is 23.6. The van der Waals surface area contributed by atoms with Gasteiger partial charge in [-0.2, -0.15) is 0 Å². The fraction of sp³-hybridized carbons (Fsp3) is 0.250. The SMILES string of the molecule is CCC(O)(C#Cc1ccc(C(=O)NS(=O)(=O)c2ccccc2S(N)(=O)=O)cc1)CC. The van der Waals surface area contributed by atoms with Crippen LogP contribution in [0.5, 0.6) is 0 Å². The van der Waals surface area contributed by atoms with Gasteiger partial charge in [0.25, 0.3) is 15.9 Å². The van der Waals surface area contributed by atoms with Gasteiger partial charge in [-0.25, -0.2) is 26.7 Å². The molecule has 2 aromatic carbocycles. The van der Waals surface area contributed by atoms with Crippen molar-refractivity contribution in [2.24, 2.45) is 5.14 Å². The number of primary sulfonamides is 1. The maximum atomic E-state index is 12.5. The van der Waals surface area contributed by atoms with E-state index >= 15 is 0 Å². The second-order valence-electron chi connectivity index (χ2n) is 6.49. The molecule has 30 heavy (non-hydrogen) atoms. The Morgan fingerprint density at radius 2 is 1.53 bits per heavy atom. The Bertz CT molecular complexity index is 1200. The van der Waals surface area contributed by atoms with E-state index in [1.807, 2.05) is 18.6 Å². The van der Waals surface area contributed by atoms with E-state index in [4.69, 9.17) is 5.14 Å². The van der Waals surface area contributed by atoms with Crippen molar-refractivity contribution < 1.29 is 26.7 Å². The van der Waals surface area contributed by atoms with E-state index in [2.05, 4.69) is 11.8 Å². The third-order valence-electron chi connectivity index (χ3n) is 4.43. The van der Waals surface area contributed by atoms with Crippen molar-refractivity contribution in [3.8, 4) is 11.8 Å². The molecule has 1 amide bonds. The number of sulfonamides is 2. The molecule has 0 aromatic heterocycles. The number of benzene rings is 2. The lowest BCUT2D eigenvalue weighted by Gasteiger charge is -2.17. The molecule has 8 nitrogen and oxygen atoms in total. The molecule has 0 aliphatic heterocycles. The van der Waals surface area contributed by atoms with Crippen molar-refractivity contribution in [2.45, 2.75) is 42.1 Å². The van der Waals surface area contributed by atoms with Crippen molar-refractivity contribution in [1.29, 1.82) is 0 Å². The Hall–Kier alpha value is -2.71. The van der Waals surface area contributed by atoms with Gasteiger partial charge >= 0.3 is 0 Å². The van der Waals surface area contributed by atoms with Gasteiger partial charge in [-0.05, 0) is 49.2 Å². The summed E-state index contributed by atoms with van der Waals surface area (Å²) in [5.41, 5.74) is -0.534. The highest BCUT2D eigenvalue weighted by atomic mass is 32.2. The van der Waals surface area contributed by atoms with E-state index in [9.17, 15) is 26.7 Å². The van der Waals surface area contributed by atoms with Gasteiger partial charge in [-0.15, -0.1) is 0 Å². The van der Waals surface area contributed by atoms with Crippen molar-refractivity contribution in [3.05, 3.63) is 59.7 Å². The Morgan fingerprint density at radius 3 is 2.03 bits per heavy atom. The van der Waals surface area contributed by atoms with E-state index in [0.717, 1.165) is 12.1 Å². The fourth-order valence-corrected chi connectivity index (χ4v) is 4.82. The molecule has 0 saturated heterocycles. The van der Waals surface area contributed by atoms with Gasteiger partial charge in [0.2, 0.25) is 10.0 Å². The summed E-state index contributed by atoms with van der Waals surface area (Å²) >= 11 is 0. The van der Waals surface area contributed by atoms with E-state index in [1.165, 1.54) is 36.4 Å². The molecule has 0 radical (unpaired) electrons. The molecular formula is C20H22N2O6S2. The maximum Gasteiger partial charge on any atom is 0.265 e. The molecule has 0 heterocycles. The van der Waals surface area contributed by atoms with Gasteiger partial charge in [0.1, 0.15) is 15.4 Å². The molecule has 0 fully saturated rings. The monoisotopic (exact) mass is 450 g/mol. The lowest BCUT2D eigenvalue weighted by Crippen LogP contribution is -2.32. The van der Waals surface area contributed by atoms with E-state index in [0.29, 0.717) is 18.4 Å². The van der Waals surface area contributed by atoms with E-state index < -0.39 is 41.3 Å². The van der Waals surface area contributed by atoms with Gasteiger partial charge in [-0.3, -0.25) is 4.79 Å². The van der Waals surface area contributed by atoms with Gasteiger partial charge < -0.3 is 5.11 Å². The summed E-state index contributed by atoms with van der Waals surface area (Å²) in [7, 11) is -8.80. The normalized spacial score (nSPS) is 12.0. The third kappa shape index (κ3) is 5.67. The van der Waals surface area contributed by atoms with Crippen molar-refractivity contribution in [3.63, 3.8) is 0 Å². The first-order valence-corrected chi connectivity index (χ1v) is 12.0. The summed E-state index contributed by atoms with van der Waals surface area (Å²) in [5, 5.41) is 15.2. The van der Waals surface area contributed by atoms with Crippen molar-refractivity contribution in [2.75, 3.05) is 0 Å². The van der Waals surface area contributed by atoms with Gasteiger partial charge in [0.15, 0.2) is 0 Å². The number of hydrogen-bond acceptors (Lipinski definition) is 6. The summed E-state index contributed by atoms with van der Waals surface area (Å²) in [5.74, 6) is 4.65. The Labute approximate surface area is 176 Å². The zero-order valence-corrected chi connectivity index (χ0v) is 18.0. The average molecular weight is 451 g/mol. The standard InChI is InChI=1S/C20H22N2O6S2/c1-3-20(24,4-2)14-13-15-9-11-16(12-10-15)19(23)22-30(27,28)18-8-6-5-7-17(18)29(21,25)26/h5-12,24H,3-4H2,1-2H3,(H,22,23)(H2,21,25,26). The predicted octanol–water partition coefficient (Wildman–Crippen LogP) is 1.36. The highest BCUT2D eigenvalue weighted by Crippen LogP contribution is 2.19. The summed E-state index contributed by atoms with van der Waals surface area (Å²) < 4.78 is 50.2. The second-order valence-corrected chi connectivity index (χ2v) is 9.67. The van der Waals surface area contributed by atoms with Crippen LogP contribution in [0.15, 0.2) is 58.3 Å². The molecular weight excluding hydrogens is 428 g/mol. The quantitative estimate of drug-likeness (QED) is 0.567. The zero-order chi connectivity index (χ0) is 22.6. The predicted molar refractivity (Wildman–Crippen MR) is 111 cm³/mol. The Morgan fingerprint density at radius 1 is 1.00 bits per heavy atom. The minimum Gasteiger partial charge on any atom is -0.378 e. The number of amides is 1. The third-order valence-corrected chi connectivity index (χ3v) is 6.92. The van der Waals surface area contributed by atoms with Crippen LogP contribution in [-0.4, -0.2) is 33.5 Å². The molecule has 2 aromatic rings. The number of carbonyl (C=O) groups excluding carboxylic acids is 1. The van der Waals surface area contributed by atoms with Crippen LogP contribution >= 0.6 is 0 Å². The van der Waals surface area contributed by atoms with Crippen LogP contribution in [0.2, 0.25) is 0 Å². The molecule has 0 atom stereocenters. The topological polar surface area (TPSA) is 144 Å². The molecule has 0 saturated carbocycles. The van der Waals surface area contributed by atoms with Crippen LogP contribution in [0.3, 0.4) is 0 Å². The summed E-state index contributed by atoms with van der Waals surface area (Å²) in [6, 6.07) is 10.5. The summed E-state index contributed by atoms with van der Waals surface area (Å²) in [6.45, 7) is 3.64. The fourth-order valence-electron chi connectivity index (χ4n) is 2.46. The molecule has 10 heteroatoms. The van der Waals surface area contributed by atoms with Crippen LogP contribution in [0, 0.1) is 11.8 Å². The number of carbonyl (C=O) groups is 1. The Kier molecular flexibility index (Phi) is 7.05. The molecule has 0 aliphatic rings. The molecule has 0 unspecified atom stereocenters. The number of nitrogens with two attached hydrogens (primary N) is 1. The van der Waals surface area contributed by atoms with Crippen LogP contribution in [0.25, 0.3) is 0 Å². The van der Waals surface area contributed by atoms with Crippen LogP contribution < -0.4 is 9.86 Å². The minimum absolute atomic E-state index is 0.0263. The number of hydrogen-bond donors (Lipinski definition) is 3. The number of rotatable bonds is 6. The van der Waals surface area contributed by atoms with E-state index in [1.54, 1.807) is 0 Å². The van der Waals surface area contributed by atoms with Crippen molar-refractivity contribution >= 4 is 26.0 Å². The maximum absolute atomic E-state index is 12.5. The molecule has 2 rings (SSSR count). The van der Waals surface area contributed by atoms with Crippen LogP contribution in [0.4, 0.5) is 0 Å². The molecule has 160 valence electrons. The van der Waals surface area contributed by atoms with Gasteiger partial charge in [0.05, 0.1) is 0 Å². The molecule has 4 N–H and O–H groups in total. The van der Waals surface area contributed by atoms with E-state index in [-0.39, 0.29) is 5.56 Å². The molecule has 0 aliphatic carbocycles. The lowest BCUT2D eigenvalue weighted by molar-refractivity contribution is 0.0930. The average Bonchev–Trinajstić information content (AvgIpc) is 2.71. The van der Waals surface area contributed by atoms with Crippen molar-refractivity contribution in [1.82, 2.24) is 4.72 Å². The van der Waals surface area contributed by atoms with Gasteiger partial charge in [-0.1, -0.05) is 37.8 Å². The molecule has 0 bridgehead atoms. The Balaban J connectivity index is 2.26. The van der Waals surface area contributed by atoms with Gasteiger partial charge in [0, 0.05) is 11.1 Å². The minimum atomic E-state index is -4.49. The highest BCUT2D eigenvalue weighted by molar-refractivity contribution is 7.92. The first-order chi connectivity index (χ1) is 13.9. The smallest absolute Gasteiger partial charge is 0.265 e. The number of nitrogens with one attached hydrogen (secondary N) is 1. The van der Waals surface area contributed by atoms with Crippen LogP contribution in [0.1, 0.15) is 42.6 Å². The first-order valence-electron chi connectivity index (χ1n) is 8.96. The highest BCUT2D eigenvalue weighted by Gasteiger charge is 2.26. The number of aliphatic hydroxyl groups is 1. The summed E-state index contributed by atoms with van der Waals surface area (Å²) in [4.78, 5) is 11.1. The van der Waals surface area contributed by atoms with Crippen LogP contribution in [-0.2, 0) is 20.0 Å². The largest absolute Gasteiger partial charge is 0.378 e. The zero-order valence-electron chi connectivity index (χ0n) is 16.4.